The number of anilines is 1. The molecule has 0 saturated heterocycles. The third-order valence-electron chi connectivity index (χ3n) is 4.63. The van der Waals surface area contributed by atoms with Crippen LogP contribution in [0.5, 0.6) is 0 Å². The van der Waals surface area contributed by atoms with Gasteiger partial charge in [0.05, 0.1) is 13.1 Å². The third kappa shape index (κ3) is 6.12. The van der Waals surface area contributed by atoms with Crippen molar-refractivity contribution in [3.8, 4) is 0 Å². The van der Waals surface area contributed by atoms with Gasteiger partial charge in [-0.1, -0.05) is 90.2 Å². The Kier molecular flexibility index (Phi) is 8.30. The van der Waals surface area contributed by atoms with Crippen molar-refractivity contribution in [3.63, 3.8) is 0 Å². The number of carbonyl (C=O) groups is 1. The molecule has 0 aliphatic carbocycles. The van der Waals surface area contributed by atoms with Crippen LogP contribution in [0.25, 0.3) is 0 Å². The van der Waals surface area contributed by atoms with Gasteiger partial charge >= 0.3 is 0 Å². The van der Waals surface area contributed by atoms with E-state index >= 15 is 0 Å². The molecule has 1 N–H and O–H groups in total. The zero-order chi connectivity index (χ0) is 21.5. The second-order valence-corrected chi connectivity index (χ2v) is 7.93. The molecule has 162 valence electrons. The molecule has 0 fully saturated rings. The van der Waals surface area contributed by atoms with Crippen LogP contribution in [0, 0.1) is 0 Å². The van der Waals surface area contributed by atoms with Gasteiger partial charge in [-0.15, -0.1) is 17.0 Å². The lowest BCUT2D eigenvalue weighted by atomic mass is 10.2. The van der Waals surface area contributed by atoms with Crippen molar-refractivity contribution in [3.05, 3.63) is 128 Å². The van der Waals surface area contributed by atoms with Crippen LogP contribution >= 0.6 is 28.3 Å². The number of benzene rings is 3. The highest BCUT2D eigenvalue weighted by Gasteiger charge is 2.12. The molecule has 0 atom stereocenters. The lowest BCUT2D eigenvalue weighted by molar-refractivity contribution is 0.103. The fourth-order valence-electron chi connectivity index (χ4n) is 3.06. The van der Waals surface area contributed by atoms with Crippen molar-refractivity contribution in [1.82, 2.24) is 4.57 Å². The van der Waals surface area contributed by atoms with Crippen molar-refractivity contribution in [2.45, 2.75) is 13.1 Å². The monoisotopic (exact) mass is 507 g/mol. The fourth-order valence-corrected chi connectivity index (χ4v) is 3.96. The maximum absolute atomic E-state index is 13.0. The van der Waals surface area contributed by atoms with E-state index in [9.17, 15) is 9.59 Å². The number of nitrogens with zero attached hydrogens (tertiary/aromatic N) is 2. The van der Waals surface area contributed by atoms with E-state index in [2.05, 4.69) is 10.3 Å². The zero-order valence-electron chi connectivity index (χ0n) is 17.2. The normalized spacial score (nSPS) is 10.9. The van der Waals surface area contributed by atoms with E-state index in [4.69, 9.17) is 0 Å². The standard InChI is InChI=1S/C25H21N3O2S.BrH/c29-23-16-22(24(30)27-21-14-8-3-9-15-21)31-25(26-17-19-10-4-1-5-11-19)28(23)18-20-12-6-2-7-13-20;/h1-16H,17-18H2,(H,27,30);1H. The van der Waals surface area contributed by atoms with Gasteiger partial charge in [0.15, 0.2) is 4.80 Å². The lowest BCUT2D eigenvalue weighted by Gasteiger charge is -2.09. The number of rotatable bonds is 6. The maximum atomic E-state index is 13.0. The molecule has 3 aromatic carbocycles. The fraction of sp³-hybridized carbons (Fsp3) is 0.0800. The average Bonchev–Trinajstić information content (AvgIpc) is 2.81. The summed E-state index contributed by atoms with van der Waals surface area (Å²) in [5.41, 5.74) is 2.45. The lowest BCUT2D eigenvalue weighted by Crippen LogP contribution is -2.33. The molecule has 4 rings (SSSR count). The Morgan fingerprint density at radius 1 is 0.844 bits per heavy atom. The van der Waals surface area contributed by atoms with Crippen molar-refractivity contribution in [2.75, 3.05) is 5.32 Å². The molecule has 0 radical (unpaired) electrons. The number of hydrogen-bond donors (Lipinski definition) is 1. The zero-order valence-corrected chi connectivity index (χ0v) is 19.7. The van der Waals surface area contributed by atoms with Gasteiger partial charge in [0.25, 0.3) is 11.5 Å². The third-order valence-corrected chi connectivity index (χ3v) is 5.69. The molecule has 7 heteroatoms. The Balaban J connectivity index is 0.00000289. The van der Waals surface area contributed by atoms with E-state index in [1.165, 1.54) is 17.4 Å². The van der Waals surface area contributed by atoms with Gasteiger partial charge < -0.3 is 5.32 Å². The van der Waals surface area contributed by atoms with Crippen molar-refractivity contribution < 1.29 is 4.79 Å². The Bertz CT molecular complexity index is 1290. The van der Waals surface area contributed by atoms with Crippen LogP contribution in [0.4, 0.5) is 5.69 Å². The summed E-state index contributed by atoms with van der Waals surface area (Å²) in [4.78, 5) is 31.3. The minimum atomic E-state index is -0.323. The summed E-state index contributed by atoms with van der Waals surface area (Å²) in [5, 5.41) is 2.84. The summed E-state index contributed by atoms with van der Waals surface area (Å²) in [6.07, 6.45) is 0. The number of carbonyl (C=O) groups excluding carboxylic acids is 1. The van der Waals surface area contributed by atoms with Crippen LogP contribution in [-0.4, -0.2) is 10.5 Å². The largest absolute Gasteiger partial charge is 0.321 e. The van der Waals surface area contributed by atoms with Crippen LogP contribution in [-0.2, 0) is 13.1 Å². The first kappa shape index (κ1) is 23.4. The molecule has 5 nitrogen and oxygen atoms in total. The molecular weight excluding hydrogens is 486 g/mol. The molecule has 32 heavy (non-hydrogen) atoms. The highest BCUT2D eigenvalue weighted by Crippen LogP contribution is 2.10. The second-order valence-electron chi connectivity index (χ2n) is 6.93. The van der Waals surface area contributed by atoms with E-state index < -0.39 is 0 Å². The van der Waals surface area contributed by atoms with Crippen LogP contribution < -0.4 is 15.7 Å². The van der Waals surface area contributed by atoms with Crippen LogP contribution in [0.1, 0.15) is 20.8 Å². The predicted octanol–water partition coefficient (Wildman–Crippen LogP) is 4.89. The van der Waals surface area contributed by atoms with Gasteiger partial charge in [-0.3, -0.25) is 19.1 Å². The molecule has 1 aromatic heterocycles. The predicted molar refractivity (Wildman–Crippen MR) is 135 cm³/mol. The number of para-hydroxylation sites is 1. The van der Waals surface area contributed by atoms with Crippen molar-refractivity contribution >= 4 is 39.9 Å². The molecule has 0 aliphatic heterocycles. The van der Waals surface area contributed by atoms with Gasteiger partial charge in [-0.2, -0.15) is 0 Å². The molecule has 0 unspecified atom stereocenters. The minimum absolute atomic E-state index is 0. The summed E-state index contributed by atoms with van der Waals surface area (Å²) < 4.78 is 1.61. The summed E-state index contributed by atoms with van der Waals surface area (Å²) in [5.74, 6) is -0.323. The SMILES string of the molecule is Br.O=C(Nc1ccccc1)c1cc(=O)n(Cc2ccccc2)c(=NCc2ccccc2)s1. The molecule has 0 saturated carbocycles. The topological polar surface area (TPSA) is 63.5 Å². The van der Waals surface area contributed by atoms with Crippen LogP contribution in [0.2, 0.25) is 0 Å². The maximum Gasteiger partial charge on any atom is 0.266 e. The molecule has 1 heterocycles. The van der Waals surface area contributed by atoms with Gasteiger partial charge in [0.1, 0.15) is 4.88 Å². The Morgan fingerprint density at radius 3 is 2.03 bits per heavy atom. The first-order valence-corrected chi connectivity index (χ1v) is 10.7. The van der Waals surface area contributed by atoms with E-state index in [0.717, 1.165) is 11.1 Å². The Hall–Kier alpha value is -3.29. The molecule has 0 aliphatic rings. The number of aromatic nitrogens is 1. The van der Waals surface area contributed by atoms with Gasteiger partial charge in [-0.05, 0) is 23.3 Å². The summed E-state index contributed by atoms with van der Waals surface area (Å²) >= 11 is 1.21. The Labute approximate surface area is 200 Å². The van der Waals surface area contributed by atoms with E-state index in [0.29, 0.717) is 28.5 Å². The van der Waals surface area contributed by atoms with Crippen molar-refractivity contribution in [1.29, 1.82) is 0 Å². The van der Waals surface area contributed by atoms with E-state index in [-0.39, 0.29) is 28.4 Å². The highest BCUT2D eigenvalue weighted by molar-refractivity contribution is 8.93. The van der Waals surface area contributed by atoms with E-state index in [1.807, 2.05) is 78.9 Å². The first-order valence-electron chi connectivity index (χ1n) is 9.89. The number of hydrogen-bond acceptors (Lipinski definition) is 4. The second kappa shape index (κ2) is 11.4. The summed E-state index contributed by atoms with van der Waals surface area (Å²) in [7, 11) is 0. The number of halogens is 1. The van der Waals surface area contributed by atoms with E-state index in [1.54, 1.807) is 16.7 Å². The smallest absolute Gasteiger partial charge is 0.266 e. The first-order chi connectivity index (χ1) is 15.2. The van der Waals surface area contributed by atoms with Crippen LogP contribution in [0.3, 0.4) is 0 Å². The average molecular weight is 508 g/mol. The summed E-state index contributed by atoms with van der Waals surface area (Å²) in [6.45, 7) is 0.819. The van der Waals surface area contributed by atoms with Gasteiger partial charge in [-0.25, -0.2) is 0 Å². The number of amides is 1. The molecule has 0 spiro atoms. The molecular formula is C25H22BrN3O2S. The molecule has 1 amide bonds. The Morgan fingerprint density at radius 2 is 1.41 bits per heavy atom. The number of nitrogens with one attached hydrogen (secondary N) is 1. The van der Waals surface area contributed by atoms with Crippen molar-refractivity contribution in [2.24, 2.45) is 4.99 Å². The summed E-state index contributed by atoms with van der Waals surface area (Å²) in [6, 6.07) is 30.1. The minimum Gasteiger partial charge on any atom is -0.321 e. The van der Waals surface area contributed by atoms with Gasteiger partial charge in [0.2, 0.25) is 0 Å². The highest BCUT2D eigenvalue weighted by atomic mass is 79.9. The molecule has 4 aromatic rings. The van der Waals surface area contributed by atoms with Crippen LogP contribution in [0.15, 0.2) is 107 Å². The molecule has 0 bridgehead atoms. The van der Waals surface area contributed by atoms with Gasteiger partial charge in [0, 0.05) is 11.8 Å². The quantitative estimate of drug-likeness (QED) is 0.403.